The second-order valence-electron chi connectivity index (χ2n) is 6.89. The van der Waals surface area contributed by atoms with Crippen molar-refractivity contribution in [2.24, 2.45) is 0 Å². The Balaban J connectivity index is 1.46. The predicted molar refractivity (Wildman–Crippen MR) is 119 cm³/mol. The van der Waals surface area contributed by atoms with Gasteiger partial charge in [0.25, 0.3) is 5.91 Å². The molecule has 0 atom stereocenters. The molecule has 0 spiro atoms. The first kappa shape index (κ1) is 22.4. The summed E-state index contributed by atoms with van der Waals surface area (Å²) in [5, 5.41) is 3.35. The summed E-state index contributed by atoms with van der Waals surface area (Å²) in [6.45, 7) is 4.55. The topological polar surface area (TPSA) is 78.9 Å². The van der Waals surface area contributed by atoms with E-state index in [4.69, 9.17) is 16.3 Å². The number of carbonyl (C=O) groups excluding carboxylic acids is 1. The number of rotatable bonds is 8. The molecule has 1 heterocycles. The van der Waals surface area contributed by atoms with Gasteiger partial charge in [-0.15, -0.1) is 0 Å². The molecular weight excluding hydrogens is 426 g/mol. The van der Waals surface area contributed by atoms with Crippen LogP contribution in [0.3, 0.4) is 0 Å². The number of halogens is 1. The number of ether oxygens (including phenoxy) is 1. The summed E-state index contributed by atoms with van der Waals surface area (Å²) in [4.78, 5) is 14.4. The second kappa shape index (κ2) is 10.1. The van der Waals surface area contributed by atoms with Crippen LogP contribution in [0.25, 0.3) is 0 Å². The highest BCUT2D eigenvalue weighted by atomic mass is 35.5. The van der Waals surface area contributed by atoms with E-state index < -0.39 is 10.0 Å². The van der Waals surface area contributed by atoms with Gasteiger partial charge in [0.15, 0.2) is 0 Å². The molecule has 0 bridgehead atoms. The molecule has 1 amide bonds. The standard InChI is InChI=1S/C21H26ClN3O4S/c1-2-29-20-9-3-17(4-10-20)21(26)23-11-16-30(27,28)25-14-12-24(13-15-25)19-7-5-18(22)6-8-19/h3-10H,2,11-16H2,1H3,(H,23,26). The lowest BCUT2D eigenvalue weighted by Gasteiger charge is -2.35. The van der Waals surface area contributed by atoms with Crippen LogP contribution in [0.4, 0.5) is 5.69 Å². The van der Waals surface area contributed by atoms with Gasteiger partial charge < -0.3 is 15.0 Å². The first-order valence-electron chi connectivity index (χ1n) is 9.88. The van der Waals surface area contributed by atoms with Gasteiger partial charge >= 0.3 is 0 Å². The third-order valence-electron chi connectivity index (χ3n) is 4.90. The van der Waals surface area contributed by atoms with E-state index in [2.05, 4.69) is 10.2 Å². The van der Waals surface area contributed by atoms with Crippen molar-refractivity contribution in [1.29, 1.82) is 0 Å². The maximum Gasteiger partial charge on any atom is 0.251 e. The lowest BCUT2D eigenvalue weighted by atomic mass is 10.2. The van der Waals surface area contributed by atoms with E-state index >= 15 is 0 Å². The van der Waals surface area contributed by atoms with Crippen LogP contribution >= 0.6 is 11.6 Å². The van der Waals surface area contributed by atoms with Crippen LogP contribution in [0.1, 0.15) is 17.3 Å². The van der Waals surface area contributed by atoms with Gasteiger partial charge in [-0.1, -0.05) is 11.6 Å². The summed E-state index contributed by atoms with van der Waals surface area (Å²) in [6.07, 6.45) is 0. The van der Waals surface area contributed by atoms with Crippen molar-refractivity contribution in [3.8, 4) is 5.75 Å². The van der Waals surface area contributed by atoms with Gasteiger partial charge in [-0.2, -0.15) is 4.31 Å². The Morgan fingerprint density at radius 2 is 1.67 bits per heavy atom. The number of hydrogen-bond acceptors (Lipinski definition) is 5. The van der Waals surface area contributed by atoms with E-state index in [9.17, 15) is 13.2 Å². The summed E-state index contributed by atoms with van der Waals surface area (Å²) in [5.41, 5.74) is 1.49. The zero-order valence-corrected chi connectivity index (χ0v) is 18.5. The largest absolute Gasteiger partial charge is 0.494 e. The lowest BCUT2D eigenvalue weighted by Crippen LogP contribution is -2.50. The summed E-state index contributed by atoms with van der Waals surface area (Å²) >= 11 is 5.92. The second-order valence-corrected chi connectivity index (χ2v) is 9.42. The lowest BCUT2D eigenvalue weighted by molar-refractivity contribution is 0.0956. The van der Waals surface area contributed by atoms with Gasteiger partial charge in [-0.05, 0) is 55.5 Å². The minimum atomic E-state index is -3.44. The third-order valence-corrected chi connectivity index (χ3v) is 7.02. The highest BCUT2D eigenvalue weighted by Crippen LogP contribution is 2.20. The maximum absolute atomic E-state index is 12.6. The van der Waals surface area contributed by atoms with Crippen LogP contribution in [0.2, 0.25) is 5.02 Å². The molecule has 1 N–H and O–H groups in total. The highest BCUT2D eigenvalue weighted by molar-refractivity contribution is 7.89. The Morgan fingerprint density at radius 3 is 2.27 bits per heavy atom. The Kier molecular flexibility index (Phi) is 7.58. The molecule has 0 unspecified atom stereocenters. The van der Waals surface area contributed by atoms with Crippen LogP contribution in [0.5, 0.6) is 5.75 Å². The minimum absolute atomic E-state index is 0.0613. The van der Waals surface area contributed by atoms with Crippen LogP contribution in [-0.2, 0) is 10.0 Å². The molecule has 0 aliphatic carbocycles. The number of nitrogens with one attached hydrogen (secondary N) is 1. The fraction of sp³-hybridized carbons (Fsp3) is 0.381. The molecule has 1 fully saturated rings. The predicted octanol–water partition coefficient (Wildman–Crippen LogP) is 2.62. The van der Waals surface area contributed by atoms with Gasteiger partial charge in [-0.3, -0.25) is 4.79 Å². The summed E-state index contributed by atoms with van der Waals surface area (Å²) in [7, 11) is -3.44. The first-order valence-corrected chi connectivity index (χ1v) is 11.9. The van der Waals surface area contributed by atoms with Gasteiger partial charge in [0.2, 0.25) is 10.0 Å². The number of amides is 1. The summed E-state index contributed by atoms with van der Waals surface area (Å²) in [5.74, 6) is 0.256. The van der Waals surface area contributed by atoms with Crippen molar-refractivity contribution in [2.45, 2.75) is 6.92 Å². The van der Waals surface area contributed by atoms with E-state index in [0.29, 0.717) is 49.1 Å². The summed E-state index contributed by atoms with van der Waals surface area (Å²) in [6, 6.07) is 14.3. The van der Waals surface area contributed by atoms with E-state index in [1.165, 1.54) is 4.31 Å². The zero-order valence-electron chi connectivity index (χ0n) is 16.9. The molecule has 162 valence electrons. The summed E-state index contributed by atoms with van der Waals surface area (Å²) < 4.78 is 32.1. The quantitative estimate of drug-likeness (QED) is 0.667. The molecule has 3 rings (SSSR count). The molecule has 0 radical (unpaired) electrons. The molecule has 2 aromatic rings. The van der Waals surface area contributed by atoms with Crippen LogP contribution in [0, 0.1) is 0 Å². The number of piperazine rings is 1. The smallest absolute Gasteiger partial charge is 0.251 e. The average molecular weight is 452 g/mol. The van der Waals surface area contributed by atoms with Crippen LogP contribution in [0.15, 0.2) is 48.5 Å². The molecule has 0 saturated carbocycles. The van der Waals surface area contributed by atoms with Crippen molar-refractivity contribution >= 4 is 33.2 Å². The SMILES string of the molecule is CCOc1ccc(C(=O)NCCS(=O)(=O)N2CCN(c3ccc(Cl)cc3)CC2)cc1. The van der Waals surface area contributed by atoms with Crippen LogP contribution in [-0.4, -0.2) is 63.7 Å². The molecule has 30 heavy (non-hydrogen) atoms. The third kappa shape index (κ3) is 5.87. The van der Waals surface area contributed by atoms with Gasteiger partial charge in [-0.25, -0.2) is 8.42 Å². The number of hydrogen-bond donors (Lipinski definition) is 1. The fourth-order valence-electron chi connectivity index (χ4n) is 3.27. The van der Waals surface area contributed by atoms with E-state index in [-0.39, 0.29) is 18.2 Å². The molecule has 7 nitrogen and oxygen atoms in total. The number of nitrogens with zero attached hydrogens (tertiary/aromatic N) is 2. The van der Waals surface area contributed by atoms with Crippen molar-refractivity contribution in [3.63, 3.8) is 0 Å². The van der Waals surface area contributed by atoms with Gasteiger partial charge in [0.05, 0.1) is 12.4 Å². The first-order chi connectivity index (χ1) is 14.4. The fourth-order valence-corrected chi connectivity index (χ4v) is 4.73. The molecule has 0 aromatic heterocycles. The van der Waals surface area contributed by atoms with Crippen molar-refractivity contribution in [1.82, 2.24) is 9.62 Å². The average Bonchev–Trinajstić information content (AvgIpc) is 2.75. The van der Waals surface area contributed by atoms with E-state index in [1.54, 1.807) is 24.3 Å². The number of sulfonamides is 1. The number of anilines is 1. The van der Waals surface area contributed by atoms with Crippen molar-refractivity contribution in [3.05, 3.63) is 59.1 Å². The van der Waals surface area contributed by atoms with Gasteiger partial charge in [0, 0.05) is 49.0 Å². The monoisotopic (exact) mass is 451 g/mol. The molecule has 1 aliphatic rings. The van der Waals surface area contributed by atoms with Crippen molar-refractivity contribution < 1.29 is 17.9 Å². The van der Waals surface area contributed by atoms with Crippen molar-refractivity contribution in [2.75, 3.05) is 50.0 Å². The maximum atomic E-state index is 12.6. The Labute approximate surface area is 182 Å². The molecular formula is C21H26ClN3O4S. The Bertz CT molecular complexity index is 941. The van der Waals surface area contributed by atoms with E-state index in [1.807, 2.05) is 31.2 Å². The molecule has 1 aliphatic heterocycles. The van der Waals surface area contributed by atoms with Crippen LogP contribution < -0.4 is 15.0 Å². The Morgan fingerprint density at radius 1 is 1.03 bits per heavy atom. The van der Waals surface area contributed by atoms with E-state index in [0.717, 1.165) is 5.69 Å². The number of benzene rings is 2. The highest BCUT2D eigenvalue weighted by Gasteiger charge is 2.26. The minimum Gasteiger partial charge on any atom is -0.494 e. The number of carbonyl (C=O) groups is 1. The molecule has 2 aromatic carbocycles. The zero-order chi connectivity index (χ0) is 21.6. The molecule has 1 saturated heterocycles. The normalized spacial score (nSPS) is 15.1. The Hall–Kier alpha value is -2.29. The van der Waals surface area contributed by atoms with Gasteiger partial charge in [0.1, 0.15) is 5.75 Å². The molecule has 9 heteroatoms.